The van der Waals surface area contributed by atoms with Crippen LogP contribution in [0.3, 0.4) is 0 Å². The van der Waals surface area contributed by atoms with E-state index >= 15 is 0 Å². The molecule has 0 spiro atoms. The third-order valence-electron chi connectivity index (χ3n) is 1.39. The fourth-order valence-electron chi connectivity index (χ4n) is 0.810. The molecule has 1 atom stereocenters. The van der Waals surface area contributed by atoms with Crippen molar-refractivity contribution in [1.29, 1.82) is 0 Å². The zero-order valence-corrected chi connectivity index (χ0v) is 5.85. The highest BCUT2D eigenvalue weighted by Crippen LogP contribution is 2.06. The number of nitro groups is 1. The van der Waals surface area contributed by atoms with Crippen LogP contribution in [0.15, 0.2) is 11.8 Å². The van der Waals surface area contributed by atoms with Gasteiger partial charge in [0.05, 0.1) is 5.70 Å². The number of hydrazine groups is 1. The van der Waals surface area contributed by atoms with E-state index in [1.807, 2.05) is 0 Å². The Balaban J connectivity index is 2.74. The third-order valence-corrected chi connectivity index (χ3v) is 1.39. The summed E-state index contributed by atoms with van der Waals surface area (Å²) in [5.41, 5.74) is 2.75. The molecule has 0 saturated heterocycles. The van der Waals surface area contributed by atoms with Gasteiger partial charge in [0.15, 0.2) is 6.29 Å². The average Bonchev–Trinajstić information content (AvgIpc) is 2.31. The van der Waals surface area contributed by atoms with Crippen LogP contribution in [0.1, 0.15) is 0 Å². The Hall–Kier alpha value is -1.43. The lowest BCUT2D eigenvalue weighted by atomic mass is 10.4. The average molecular weight is 157 g/mol. The van der Waals surface area contributed by atoms with Gasteiger partial charge in [0.1, 0.15) is 0 Å². The van der Waals surface area contributed by atoms with E-state index in [0.717, 1.165) is 0 Å². The molecule has 0 aromatic carbocycles. The predicted octanol–water partition coefficient (Wildman–Crippen LogP) is -0.878. The molecule has 0 fully saturated rings. The maximum absolute atomic E-state index is 10.2. The highest BCUT2D eigenvalue weighted by atomic mass is 16.6. The molecule has 60 valence electrons. The molecule has 11 heavy (non-hydrogen) atoms. The van der Waals surface area contributed by atoms with Gasteiger partial charge in [-0.1, -0.05) is 0 Å². The normalized spacial score (nSPS) is 23.2. The Bertz CT molecular complexity index is 225. The van der Waals surface area contributed by atoms with Crippen LogP contribution >= 0.6 is 0 Å². The van der Waals surface area contributed by atoms with Gasteiger partial charge in [-0.25, -0.2) is 0 Å². The van der Waals surface area contributed by atoms with E-state index in [1.165, 1.54) is 11.1 Å². The van der Waals surface area contributed by atoms with Crippen LogP contribution in [0, 0.1) is 10.1 Å². The molecule has 1 aliphatic rings. The van der Waals surface area contributed by atoms with E-state index in [1.54, 1.807) is 7.05 Å². The number of nitrogens with one attached hydrogen (secondary N) is 1. The molecule has 1 N–H and O–H groups in total. The molecule has 0 aromatic heterocycles. The number of rotatable bonds is 2. The quantitative estimate of drug-likeness (QED) is 0.320. The second kappa shape index (κ2) is 2.67. The number of hydrogen-bond donors (Lipinski definition) is 1. The van der Waals surface area contributed by atoms with Crippen molar-refractivity contribution < 1.29 is 9.72 Å². The summed E-state index contributed by atoms with van der Waals surface area (Å²) in [5.74, 6) is 0. The third kappa shape index (κ3) is 1.35. The van der Waals surface area contributed by atoms with Crippen molar-refractivity contribution in [2.45, 2.75) is 6.17 Å². The fourth-order valence-corrected chi connectivity index (χ4v) is 0.810. The number of nitrogens with zero attached hydrogens (tertiary/aromatic N) is 2. The van der Waals surface area contributed by atoms with Crippen LogP contribution in [0.2, 0.25) is 0 Å². The zero-order valence-electron chi connectivity index (χ0n) is 5.85. The number of aldehydes is 1. The van der Waals surface area contributed by atoms with Crippen LogP contribution < -0.4 is 5.43 Å². The van der Waals surface area contributed by atoms with E-state index in [0.29, 0.717) is 6.29 Å². The predicted molar refractivity (Wildman–Crippen MR) is 35.8 cm³/mol. The summed E-state index contributed by atoms with van der Waals surface area (Å²) in [6, 6.07) is 0. The summed E-state index contributed by atoms with van der Waals surface area (Å²) >= 11 is 0. The van der Waals surface area contributed by atoms with E-state index in [9.17, 15) is 14.9 Å². The van der Waals surface area contributed by atoms with Gasteiger partial charge in [-0.3, -0.25) is 14.9 Å². The number of carbonyl (C=O) groups is 1. The summed E-state index contributed by atoms with van der Waals surface area (Å²) in [6.45, 7) is 0. The summed E-state index contributed by atoms with van der Waals surface area (Å²) in [7, 11) is 1.55. The molecule has 0 radical (unpaired) electrons. The number of carbonyl (C=O) groups excluding carboxylic acids is 1. The SMILES string of the molecule is CN1NC([N+](=O)[O-])C=C1C=O. The van der Waals surface area contributed by atoms with Crippen LogP contribution in [0.5, 0.6) is 0 Å². The van der Waals surface area contributed by atoms with E-state index in [2.05, 4.69) is 5.43 Å². The first kappa shape index (κ1) is 7.67. The molecule has 0 saturated carbocycles. The standard InChI is InChI=1S/C5H7N3O3/c1-7-4(3-9)2-5(6-7)8(10)11/h2-3,5-6H,1H3. The Kier molecular flexibility index (Phi) is 1.86. The first-order chi connectivity index (χ1) is 5.15. The molecular weight excluding hydrogens is 150 g/mol. The van der Waals surface area contributed by atoms with Crippen molar-refractivity contribution in [3.05, 3.63) is 21.9 Å². The van der Waals surface area contributed by atoms with E-state index in [4.69, 9.17) is 0 Å². The summed E-state index contributed by atoms with van der Waals surface area (Å²) in [4.78, 5) is 19.9. The summed E-state index contributed by atoms with van der Waals surface area (Å²) in [6.07, 6.45) is 0.851. The van der Waals surface area contributed by atoms with Gasteiger partial charge in [-0.2, -0.15) is 5.43 Å². The second-order valence-corrected chi connectivity index (χ2v) is 2.13. The van der Waals surface area contributed by atoms with Crippen LogP contribution in [0.25, 0.3) is 0 Å². The molecule has 6 nitrogen and oxygen atoms in total. The van der Waals surface area contributed by atoms with Crippen LogP contribution in [-0.4, -0.2) is 29.4 Å². The van der Waals surface area contributed by atoms with Crippen molar-refractivity contribution >= 4 is 6.29 Å². The van der Waals surface area contributed by atoms with Crippen LogP contribution in [-0.2, 0) is 4.79 Å². The molecule has 0 aromatic rings. The Morgan fingerprint density at radius 2 is 2.55 bits per heavy atom. The minimum atomic E-state index is -0.972. The van der Waals surface area contributed by atoms with E-state index in [-0.39, 0.29) is 5.70 Å². The zero-order chi connectivity index (χ0) is 8.43. The molecule has 1 aliphatic heterocycles. The van der Waals surface area contributed by atoms with Crippen LogP contribution in [0.4, 0.5) is 0 Å². The number of likely N-dealkylation sites (N-methyl/N-ethyl adjacent to an activating group) is 1. The Morgan fingerprint density at radius 1 is 1.91 bits per heavy atom. The monoisotopic (exact) mass is 157 g/mol. The first-order valence-corrected chi connectivity index (χ1v) is 2.95. The van der Waals surface area contributed by atoms with Crippen molar-refractivity contribution in [1.82, 2.24) is 10.4 Å². The van der Waals surface area contributed by atoms with Crippen molar-refractivity contribution in [2.75, 3.05) is 7.05 Å². The highest BCUT2D eigenvalue weighted by molar-refractivity contribution is 5.72. The van der Waals surface area contributed by atoms with Gasteiger partial charge in [0.25, 0.3) is 0 Å². The molecule has 0 bridgehead atoms. The van der Waals surface area contributed by atoms with Gasteiger partial charge in [-0.15, -0.1) is 0 Å². The topological polar surface area (TPSA) is 75.5 Å². The lowest BCUT2D eigenvalue weighted by Gasteiger charge is -2.11. The summed E-state index contributed by atoms with van der Waals surface area (Å²) < 4.78 is 0. The molecule has 1 unspecified atom stereocenters. The van der Waals surface area contributed by atoms with Crippen molar-refractivity contribution in [2.24, 2.45) is 0 Å². The van der Waals surface area contributed by atoms with Gasteiger partial charge in [0, 0.05) is 18.0 Å². The van der Waals surface area contributed by atoms with Gasteiger partial charge in [-0.05, 0) is 0 Å². The Labute approximate surface area is 62.6 Å². The molecule has 1 rings (SSSR count). The minimum Gasteiger partial charge on any atom is -0.302 e. The second-order valence-electron chi connectivity index (χ2n) is 2.13. The molecular formula is C5H7N3O3. The maximum atomic E-state index is 10.2. The fraction of sp³-hybridized carbons (Fsp3) is 0.400. The molecule has 0 amide bonds. The minimum absolute atomic E-state index is 0.284. The van der Waals surface area contributed by atoms with Crippen molar-refractivity contribution in [3.8, 4) is 0 Å². The van der Waals surface area contributed by atoms with Gasteiger partial charge < -0.3 is 5.01 Å². The van der Waals surface area contributed by atoms with E-state index < -0.39 is 11.1 Å². The smallest absolute Gasteiger partial charge is 0.302 e. The maximum Gasteiger partial charge on any atom is 0.303 e. The Morgan fingerprint density at radius 3 is 2.82 bits per heavy atom. The first-order valence-electron chi connectivity index (χ1n) is 2.95. The molecule has 0 aliphatic carbocycles. The number of hydrogen-bond acceptors (Lipinski definition) is 5. The summed E-state index contributed by atoms with van der Waals surface area (Å²) in [5, 5.41) is 11.5. The van der Waals surface area contributed by atoms with Gasteiger partial charge >= 0.3 is 6.17 Å². The van der Waals surface area contributed by atoms with Crippen molar-refractivity contribution in [3.63, 3.8) is 0 Å². The molecule has 6 heteroatoms. The lowest BCUT2D eigenvalue weighted by Crippen LogP contribution is -2.38. The van der Waals surface area contributed by atoms with Gasteiger partial charge in [0.2, 0.25) is 0 Å². The number of allylic oxidation sites excluding steroid dienone is 1. The lowest BCUT2D eigenvalue weighted by molar-refractivity contribution is -0.518. The largest absolute Gasteiger partial charge is 0.303 e. The molecule has 1 heterocycles. The highest BCUT2D eigenvalue weighted by Gasteiger charge is 2.27.